The molecule has 0 radical (unpaired) electrons. The van der Waals surface area contributed by atoms with Crippen LogP contribution in [-0.2, 0) is 9.74 Å². The Kier molecular flexibility index (Phi) is 9.52. The quantitative estimate of drug-likeness (QED) is 0.256. The second-order valence-corrected chi connectivity index (χ2v) is 21.4. The maximum Gasteiger partial charge on any atom is 0.387 e. The number of ether oxygens (including phenoxy) is 2. The number of hydrogen-bond acceptors (Lipinski definition) is 4. The minimum Gasteiger partial charge on any atom is -0.496 e. The summed E-state index contributed by atoms with van der Waals surface area (Å²) in [6.45, 7) is 21.0. The van der Waals surface area contributed by atoms with Gasteiger partial charge in [0.25, 0.3) is 0 Å². The van der Waals surface area contributed by atoms with E-state index >= 15 is 0 Å². The van der Waals surface area contributed by atoms with Gasteiger partial charge in [0.05, 0.1) is 30.1 Å². The number of rotatable bonds is 8. The van der Waals surface area contributed by atoms with Crippen molar-refractivity contribution in [1.29, 1.82) is 0 Å². The highest BCUT2D eigenvalue weighted by Gasteiger charge is 2.71. The van der Waals surface area contributed by atoms with E-state index in [0.29, 0.717) is 28.3 Å². The Hall–Kier alpha value is -1.62. The zero-order valence-corrected chi connectivity index (χ0v) is 27.7. The third-order valence-electron chi connectivity index (χ3n) is 7.48. The molecule has 0 aromatic heterocycles. The Bertz CT molecular complexity index is 1220. The molecule has 0 aliphatic carbocycles. The molecule has 0 unspecified atom stereocenters. The molecule has 214 valence electrons. The van der Waals surface area contributed by atoms with Crippen molar-refractivity contribution in [3.63, 3.8) is 0 Å². The fraction of sp³-hybridized carbons (Fsp3) is 0.613. The van der Waals surface area contributed by atoms with Crippen molar-refractivity contribution < 1.29 is 22.4 Å². The maximum absolute atomic E-state index is 13.9. The third kappa shape index (κ3) is 5.38. The molecule has 0 saturated heterocycles. The fourth-order valence-corrected chi connectivity index (χ4v) is 17.5. The van der Waals surface area contributed by atoms with Crippen molar-refractivity contribution in [2.45, 2.75) is 111 Å². The van der Waals surface area contributed by atoms with Gasteiger partial charge in [-0.05, 0) is 93.7 Å². The van der Waals surface area contributed by atoms with Crippen molar-refractivity contribution >= 4 is 21.5 Å². The summed E-state index contributed by atoms with van der Waals surface area (Å²) in [5.74, 6) is 1.68. The van der Waals surface area contributed by atoms with Crippen molar-refractivity contribution in [3.8, 4) is 22.6 Å². The summed E-state index contributed by atoms with van der Waals surface area (Å²) in [5.41, 5.74) is 5.19. The van der Waals surface area contributed by atoms with Gasteiger partial charge < -0.3 is 9.47 Å². The molecule has 2 rings (SSSR count). The average Bonchev–Trinajstić information content (AvgIpc) is 2.74. The highest BCUT2D eigenvalue weighted by molar-refractivity contribution is 8.58. The monoisotopic (exact) mass is 565 g/mol. The van der Waals surface area contributed by atoms with E-state index in [9.17, 15) is 13.0 Å². The molecule has 2 aromatic carbocycles. The lowest BCUT2D eigenvalue weighted by molar-refractivity contribution is 0.407. The highest BCUT2D eigenvalue weighted by Crippen LogP contribution is 2.81. The Morgan fingerprint density at radius 3 is 1.39 bits per heavy atom. The van der Waals surface area contributed by atoms with Gasteiger partial charge in [0.1, 0.15) is 5.75 Å². The lowest BCUT2D eigenvalue weighted by Gasteiger charge is -2.44. The van der Waals surface area contributed by atoms with Crippen LogP contribution in [0.5, 0.6) is 11.5 Å². The second-order valence-electron chi connectivity index (χ2n) is 13.1. The molecule has 0 aliphatic rings. The van der Waals surface area contributed by atoms with E-state index < -0.39 is 26.5 Å². The minimum absolute atomic E-state index is 0.160. The van der Waals surface area contributed by atoms with Crippen LogP contribution in [0, 0.1) is 0 Å². The molecule has 2 aromatic rings. The van der Waals surface area contributed by atoms with Crippen LogP contribution in [0.3, 0.4) is 0 Å². The molecule has 0 saturated carbocycles. The van der Waals surface area contributed by atoms with Crippen LogP contribution in [0.2, 0.25) is 0 Å². The van der Waals surface area contributed by atoms with E-state index in [1.54, 1.807) is 20.3 Å². The van der Waals surface area contributed by atoms with E-state index in [4.69, 9.17) is 9.47 Å². The largest absolute Gasteiger partial charge is 0.496 e. The van der Waals surface area contributed by atoms with E-state index in [-0.39, 0.29) is 11.8 Å². The Morgan fingerprint density at radius 1 is 0.711 bits per heavy atom. The molecule has 38 heavy (non-hydrogen) atoms. The predicted molar refractivity (Wildman–Crippen MR) is 165 cm³/mol. The molecule has 0 atom stereocenters. The van der Waals surface area contributed by atoms with Gasteiger partial charge in [0.2, 0.25) is 6.46 Å². The Balaban J connectivity index is 3.51. The summed E-state index contributed by atoms with van der Waals surface area (Å²) < 4.78 is 51.0. The summed E-state index contributed by atoms with van der Waals surface area (Å²) in [6.07, 6.45) is 0. The fourth-order valence-electron chi connectivity index (χ4n) is 6.17. The lowest BCUT2D eigenvalue weighted by Crippen LogP contribution is -2.45. The molecular formula is C31H50O5PS+. The minimum atomic E-state index is -4.60. The molecule has 5 nitrogen and oxygen atoms in total. The first-order chi connectivity index (χ1) is 17.2. The number of methoxy groups -OCH3 is 2. The summed E-state index contributed by atoms with van der Waals surface area (Å²) >= 11 is 0. The summed E-state index contributed by atoms with van der Waals surface area (Å²) in [6, 6.07) is 8.13. The highest BCUT2D eigenvalue weighted by atomic mass is 32.8. The van der Waals surface area contributed by atoms with Gasteiger partial charge >= 0.3 is 9.74 Å². The van der Waals surface area contributed by atoms with Gasteiger partial charge in [-0.1, -0.05) is 53.7 Å². The van der Waals surface area contributed by atoms with Crippen LogP contribution < -0.4 is 14.8 Å². The van der Waals surface area contributed by atoms with E-state index in [1.807, 2.05) is 47.6 Å². The number of hydrogen-bond donors (Lipinski definition) is 1. The van der Waals surface area contributed by atoms with E-state index in [0.717, 1.165) is 16.7 Å². The average molecular weight is 566 g/mol. The standard InChI is InChI=1S/C31H49O5PS/c1-19(2)22-17-23(20(3)4)27(24(18-22)21(5)6)28-25(35-13)15-16-26(36-14)29(28)37(30(7,8)9,31(10,11)12)38(32,33)34/h15-21H,1-14H3/p+1. The van der Waals surface area contributed by atoms with Crippen molar-refractivity contribution in [3.05, 3.63) is 41.0 Å². The Morgan fingerprint density at radius 2 is 1.11 bits per heavy atom. The van der Waals surface area contributed by atoms with Crippen molar-refractivity contribution in [2.75, 3.05) is 14.2 Å². The van der Waals surface area contributed by atoms with Gasteiger partial charge in [0.15, 0.2) is 11.1 Å². The summed E-state index contributed by atoms with van der Waals surface area (Å²) in [4.78, 5) is 0. The zero-order chi connectivity index (χ0) is 29.6. The van der Waals surface area contributed by atoms with Gasteiger partial charge in [-0.15, -0.1) is 0 Å². The van der Waals surface area contributed by atoms with Crippen LogP contribution in [0.15, 0.2) is 24.3 Å². The van der Waals surface area contributed by atoms with Crippen LogP contribution in [0.4, 0.5) is 0 Å². The topological polar surface area (TPSA) is 72.8 Å². The SMILES string of the molecule is COc1ccc(OC)c([P+](C(C)(C)C)(C(C)(C)C)S(=O)(=O)O)c1-c1c(C(C)C)cc(C(C)C)cc1C(C)C. The zero-order valence-electron chi connectivity index (χ0n) is 26.0. The molecule has 1 N–H and O–H groups in total. The van der Waals surface area contributed by atoms with Crippen LogP contribution >= 0.6 is 6.46 Å². The summed E-state index contributed by atoms with van der Waals surface area (Å²) in [7, 11) is -1.42. The molecule has 0 heterocycles. The number of benzene rings is 2. The molecule has 7 heteroatoms. The smallest absolute Gasteiger partial charge is 0.387 e. The second kappa shape index (κ2) is 11.1. The van der Waals surface area contributed by atoms with Gasteiger partial charge in [0, 0.05) is 0 Å². The molecule has 0 spiro atoms. The third-order valence-corrected chi connectivity index (χ3v) is 18.9. The predicted octanol–water partition coefficient (Wildman–Crippen LogP) is 8.78. The normalized spacial score (nSPS) is 13.5. The van der Waals surface area contributed by atoms with Crippen LogP contribution in [-0.4, -0.2) is 37.5 Å². The van der Waals surface area contributed by atoms with Crippen molar-refractivity contribution in [2.24, 2.45) is 0 Å². The van der Waals surface area contributed by atoms with Gasteiger partial charge in [-0.25, -0.2) is 0 Å². The molecule has 0 amide bonds. The Labute approximate surface area is 232 Å². The van der Waals surface area contributed by atoms with Crippen LogP contribution in [0.1, 0.15) is 118 Å². The van der Waals surface area contributed by atoms with Gasteiger partial charge in [-0.3, -0.25) is 4.55 Å². The molecule has 0 bridgehead atoms. The van der Waals surface area contributed by atoms with Gasteiger partial charge in [-0.2, -0.15) is 8.42 Å². The molecule has 0 aliphatic heterocycles. The lowest BCUT2D eigenvalue weighted by atomic mass is 9.81. The maximum atomic E-state index is 13.9. The van der Waals surface area contributed by atoms with Crippen LogP contribution in [0.25, 0.3) is 11.1 Å². The molecular weight excluding hydrogens is 515 g/mol. The molecule has 0 fully saturated rings. The first-order valence-corrected chi connectivity index (χ1v) is 17.3. The van der Waals surface area contributed by atoms with Crippen molar-refractivity contribution in [1.82, 2.24) is 0 Å². The summed E-state index contributed by atoms with van der Waals surface area (Å²) in [5, 5.41) is -1.09. The van der Waals surface area contributed by atoms with E-state index in [2.05, 4.69) is 53.7 Å². The van der Waals surface area contributed by atoms with E-state index in [1.165, 1.54) is 5.56 Å². The first kappa shape index (κ1) is 32.6. The first-order valence-electron chi connectivity index (χ1n) is 13.5.